The molecule has 1 aromatic carbocycles. The predicted octanol–water partition coefficient (Wildman–Crippen LogP) is 3.68. The summed E-state index contributed by atoms with van der Waals surface area (Å²) in [6.07, 6.45) is 5.38. The zero-order valence-electron chi connectivity index (χ0n) is 10.9. The van der Waals surface area contributed by atoms with E-state index in [2.05, 4.69) is 12.2 Å². The van der Waals surface area contributed by atoms with E-state index in [4.69, 9.17) is 11.6 Å². The molecule has 0 saturated heterocycles. The second kappa shape index (κ2) is 6.55. The molecule has 2 rings (SSSR count). The minimum Gasteiger partial charge on any atom is -0.392 e. The van der Waals surface area contributed by atoms with Gasteiger partial charge in [0.15, 0.2) is 0 Å². The van der Waals surface area contributed by atoms with Crippen LogP contribution in [0.3, 0.4) is 0 Å². The molecule has 0 aromatic heterocycles. The monoisotopic (exact) mass is 267 g/mol. The number of rotatable bonds is 3. The molecule has 0 heterocycles. The Morgan fingerprint density at radius 2 is 1.83 bits per heavy atom. The zero-order chi connectivity index (χ0) is 13.0. The van der Waals surface area contributed by atoms with E-state index in [-0.39, 0.29) is 18.2 Å². The highest BCUT2D eigenvalue weighted by Crippen LogP contribution is 2.22. The van der Waals surface area contributed by atoms with Crippen LogP contribution in [-0.4, -0.2) is 17.3 Å². The number of hydrogen-bond acceptors (Lipinski definition) is 2. The minimum atomic E-state index is -0.206. The first-order chi connectivity index (χ1) is 8.66. The standard InChI is InChI=1S/C15H22ClNO/c1-11(12-7-9-13(16)10-8-12)17-14-5-3-2-4-6-15(14)18/h7-11,14-15,17-18H,2-6H2,1H3. The lowest BCUT2D eigenvalue weighted by molar-refractivity contribution is 0.115. The van der Waals surface area contributed by atoms with Crippen LogP contribution in [0.2, 0.25) is 5.02 Å². The van der Waals surface area contributed by atoms with Gasteiger partial charge in [0.2, 0.25) is 0 Å². The van der Waals surface area contributed by atoms with Crippen LogP contribution in [0, 0.1) is 0 Å². The van der Waals surface area contributed by atoms with Crippen LogP contribution < -0.4 is 5.32 Å². The number of aliphatic hydroxyl groups is 1. The Bertz CT molecular complexity index is 365. The van der Waals surface area contributed by atoms with Crippen molar-refractivity contribution in [1.82, 2.24) is 5.32 Å². The third-order valence-corrected chi connectivity index (χ3v) is 4.07. The summed E-state index contributed by atoms with van der Waals surface area (Å²) in [7, 11) is 0. The first kappa shape index (κ1) is 13.9. The van der Waals surface area contributed by atoms with Crippen LogP contribution in [0.1, 0.15) is 50.6 Å². The molecule has 100 valence electrons. The van der Waals surface area contributed by atoms with Crippen LogP contribution in [-0.2, 0) is 0 Å². The maximum absolute atomic E-state index is 10.1. The molecule has 18 heavy (non-hydrogen) atoms. The molecule has 3 heteroatoms. The second-order valence-corrected chi connectivity index (χ2v) is 5.69. The van der Waals surface area contributed by atoms with Crippen LogP contribution in [0.15, 0.2) is 24.3 Å². The van der Waals surface area contributed by atoms with E-state index in [1.807, 2.05) is 24.3 Å². The molecule has 3 atom stereocenters. The Morgan fingerprint density at radius 1 is 1.17 bits per heavy atom. The Labute approximate surface area is 114 Å². The third kappa shape index (κ3) is 3.71. The predicted molar refractivity (Wildman–Crippen MR) is 75.9 cm³/mol. The van der Waals surface area contributed by atoms with Gasteiger partial charge in [0, 0.05) is 17.1 Å². The topological polar surface area (TPSA) is 32.3 Å². The largest absolute Gasteiger partial charge is 0.392 e. The van der Waals surface area contributed by atoms with Crippen molar-refractivity contribution in [2.75, 3.05) is 0 Å². The number of hydrogen-bond donors (Lipinski definition) is 2. The molecule has 0 amide bonds. The molecule has 1 fully saturated rings. The van der Waals surface area contributed by atoms with Crippen LogP contribution >= 0.6 is 11.6 Å². The van der Waals surface area contributed by atoms with Crippen molar-refractivity contribution in [2.24, 2.45) is 0 Å². The quantitative estimate of drug-likeness (QED) is 0.819. The smallest absolute Gasteiger partial charge is 0.0693 e. The lowest BCUT2D eigenvalue weighted by Crippen LogP contribution is -2.40. The third-order valence-electron chi connectivity index (χ3n) is 3.81. The van der Waals surface area contributed by atoms with Gasteiger partial charge in [0.25, 0.3) is 0 Å². The molecule has 0 radical (unpaired) electrons. The summed E-state index contributed by atoms with van der Waals surface area (Å²) in [5.74, 6) is 0. The van der Waals surface area contributed by atoms with Crippen LogP contribution in [0.25, 0.3) is 0 Å². The highest BCUT2D eigenvalue weighted by molar-refractivity contribution is 6.30. The molecule has 2 nitrogen and oxygen atoms in total. The van der Waals surface area contributed by atoms with Crippen LogP contribution in [0.4, 0.5) is 0 Å². The molecule has 0 bridgehead atoms. The molecule has 3 unspecified atom stereocenters. The van der Waals surface area contributed by atoms with Gasteiger partial charge in [-0.15, -0.1) is 0 Å². The Balaban J connectivity index is 1.97. The van der Waals surface area contributed by atoms with Crippen molar-refractivity contribution >= 4 is 11.6 Å². The van der Waals surface area contributed by atoms with E-state index in [1.165, 1.54) is 18.4 Å². The van der Waals surface area contributed by atoms with Gasteiger partial charge in [-0.25, -0.2) is 0 Å². The minimum absolute atomic E-state index is 0.206. The average Bonchev–Trinajstić information content (AvgIpc) is 2.56. The van der Waals surface area contributed by atoms with E-state index in [9.17, 15) is 5.11 Å². The lowest BCUT2D eigenvalue weighted by Gasteiger charge is -2.26. The highest BCUT2D eigenvalue weighted by Gasteiger charge is 2.23. The van der Waals surface area contributed by atoms with E-state index >= 15 is 0 Å². The first-order valence-electron chi connectivity index (χ1n) is 6.86. The van der Waals surface area contributed by atoms with Gasteiger partial charge in [0.1, 0.15) is 0 Å². The van der Waals surface area contributed by atoms with Gasteiger partial charge in [-0.3, -0.25) is 0 Å². The Kier molecular flexibility index (Phi) is 5.04. The van der Waals surface area contributed by atoms with E-state index in [0.29, 0.717) is 0 Å². The van der Waals surface area contributed by atoms with Gasteiger partial charge < -0.3 is 10.4 Å². The fraction of sp³-hybridized carbons (Fsp3) is 0.600. The summed E-state index contributed by atoms with van der Waals surface area (Å²) < 4.78 is 0. The van der Waals surface area contributed by atoms with Crippen molar-refractivity contribution in [3.05, 3.63) is 34.9 Å². The Hall–Kier alpha value is -0.570. The molecule has 0 spiro atoms. The van der Waals surface area contributed by atoms with Crippen molar-refractivity contribution in [3.63, 3.8) is 0 Å². The normalized spacial score (nSPS) is 26.6. The average molecular weight is 268 g/mol. The summed E-state index contributed by atoms with van der Waals surface area (Å²) in [4.78, 5) is 0. The summed E-state index contributed by atoms with van der Waals surface area (Å²) >= 11 is 5.89. The number of nitrogens with one attached hydrogen (secondary N) is 1. The molecule has 1 aliphatic carbocycles. The molecular weight excluding hydrogens is 246 g/mol. The SMILES string of the molecule is CC(NC1CCCCCC1O)c1ccc(Cl)cc1. The van der Waals surface area contributed by atoms with E-state index in [0.717, 1.165) is 24.3 Å². The summed E-state index contributed by atoms with van der Waals surface area (Å²) in [6, 6.07) is 8.39. The lowest BCUT2D eigenvalue weighted by atomic mass is 10.0. The molecule has 0 aliphatic heterocycles. The van der Waals surface area contributed by atoms with E-state index in [1.54, 1.807) is 0 Å². The molecule has 1 aromatic rings. The van der Waals surface area contributed by atoms with Gasteiger partial charge in [-0.2, -0.15) is 0 Å². The van der Waals surface area contributed by atoms with Crippen molar-refractivity contribution in [2.45, 2.75) is 57.2 Å². The maximum Gasteiger partial charge on any atom is 0.0693 e. The van der Waals surface area contributed by atoms with Gasteiger partial charge in [0.05, 0.1) is 6.10 Å². The van der Waals surface area contributed by atoms with Crippen LogP contribution in [0.5, 0.6) is 0 Å². The maximum atomic E-state index is 10.1. The summed E-state index contributed by atoms with van der Waals surface area (Å²) in [5, 5.41) is 14.4. The second-order valence-electron chi connectivity index (χ2n) is 5.25. The van der Waals surface area contributed by atoms with Crippen molar-refractivity contribution in [3.8, 4) is 0 Å². The number of benzene rings is 1. The molecule has 2 N–H and O–H groups in total. The van der Waals surface area contributed by atoms with Gasteiger partial charge >= 0.3 is 0 Å². The molecular formula is C15H22ClNO. The van der Waals surface area contributed by atoms with E-state index < -0.39 is 0 Å². The fourth-order valence-electron chi connectivity index (χ4n) is 2.65. The zero-order valence-corrected chi connectivity index (χ0v) is 11.7. The summed E-state index contributed by atoms with van der Waals surface area (Å²) in [6.45, 7) is 2.14. The first-order valence-corrected chi connectivity index (χ1v) is 7.24. The highest BCUT2D eigenvalue weighted by atomic mass is 35.5. The van der Waals surface area contributed by atoms with Crippen molar-refractivity contribution < 1.29 is 5.11 Å². The van der Waals surface area contributed by atoms with Crippen molar-refractivity contribution in [1.29, 1.82) is 0 Å². The fourth-order valence-corrected chi connectivity index (χ4v) is 2.78. The molecule has 1 saturated carbocycles. The Morgan fingerprint density at radius 3 is 2.56 bits per heavy atom. The summed E-state index contributed by atoms with van der Waals surface area (Å²) in [5.41, 5.74) is 1.22. The van der Waals surface area contributed by atoms with Gasteiger partial charge in [-0.05, 0) is 37.5 Å². The van der Waals surface area contributed by atoms with Gasteiger partial charge in [-0.1, -0.05) is 43.0 Å². The molecule has 1 aliphatic rings. The number of halogens is 1. The number of aliphatic hydroxyl groups excluding tert-OH is 1.